The van der Waals surface area contributed by atoms with Crippen LogP contribution in [0.5, 0.6) is 0 Å². The molecule has 12 rings (SSSR count). The van der Waals surface area contributed by atoms with Crippen LogP contribution in [0.1, 0.15) is 16.9 Å². The molecule has 0 aliphatic heterocycles. The van der Waals surface area contributed by atoms with Gasteiger partial charge < -0.3 is 0 Å². The number of nitrogens with zero attached hydrogens (tertiary/aromatic N) is 2. The Balaban J connectivity index is 1.26. The van der Waals surface area contributed by atoms with Crippen molar-refractivity contribution in [2.75, 3.05) is 0 Å². The van der Waals surface area contributed by atoms with Gasteiger partial charge in [-0.05, 0) is 113 Å². The van der Waals surface area contributed by atoms with Gasteiger partial charge in [0.2, 0.25) is 0 Å². The molecule has 0 N–H and O–H groups in total. The molecule has 4 aromatic heterocycles. The van der Waals surface area contributed by atoms with Crippen molar-refractivity contribution in [2.45, 2.75) is 12.8 Å². The predicted molar refractivity (Wildman–Crippen MR) is 234 cm³/mol. The number of fused-ring (bicyclic) bond motifs is 11. The third-order valence-corrected chi connectivity index (χ3v) is 13.7. The van der Waals surface area contributed by atoms with Crippen LogP contribution in [0, 0.1) is 0 Å². The number of aromatic nitrogens is 2. The van der Waals surface area contributed by atoms with Gasteiger partial charge in [-0.3, -0.25) is 9.13 Å². The van der Waals surface area contributed by atoms with Gasteiger partial charge >= 0.3 is 0 Å². The highest BCUT2D eigenvalue weighted by Crippen LogP contribution is 2.48. The lowest BCUT2D eigenvalue weighted by atomic mass is 9.92. The number of rotatable bonds is 4. The summed E-state index contributed by atoms with van der Waals surface area (Å²) in [5, 5.41) is 7.80. The first-order valence-electron chi connectivity index (χ1n) is 18.6. The van der Waals surface area contributed by atoms with Crippen molar-refractivity contribution in [1.29, 1.82) is 0 Å². The Hall–Kier alpha value is -6.20. The molecule has 0 spiro atoms. The molecule has 0 unspecified atom stereocenters. The Kier molecular flexibility index (Phi) is 6.53. The molecule has 1 aliphatic rings. The SMILES string of the molecule is C1=Cc2c(sc3ccc(-c4cc(-c5ccc6sc7ccccc7c6c5)c5c6c7ccccc7n(-c7ccccc7)c6n(-c6ccccc6)c5c4)cc23)CC1. The summed E-state index contributed by atoms with van der Waals surface area (Å²) in [5.41, 5.74) is 12.2. The molecule has 0 saturated heterocycles. The van der Waals surface area contributed by atoms with Crippen LogP contribution in [0.3, 0.4) is 0 Å². The Labute approximate surface area is 320 Å². The third-order valence-electron chi connectivity index (χ3n) is 11.3. The molecule has 1 aliphatic carbocycles. The lowest BCUT2D eigenvalue weighted by molar-refractivity contribution is 1.02. The highest BCUT2D eigenvalue weighted by molar-refractivity contribution is 7.25. The maximum absolute atomic E-state index is 2.51. The minimum atomic E-state index is 1.13. The molecule has 0 radical (unpaired) electrons. The first-order chi connectivity index (χ1) is 26.8. The zero-order valence-corrected chi connectivity index (χ0v) is 30.9. The van der Waals surface area contributed by atoms with Crippen LogP contribution in [0.15, 0.2) is 164 Å². The monoisotopic (exact) mass is 724 g/mol. The summed E-state index contributed by atoms with van der Waals surface area (Å²) in [6.07, 6.45) is 6.93. The summed E-state index contributed by atoms with van der Waals surface area (Å²) in [6.45, 7) is 0. The molecule has 4 heterocycles. The van der Waals surface area contributed by atoms with Crippen molar-refractivity contribution in [3.8, 4) is 33.6 Å². The standard InChI is InChI=1S/C50H32N2S2/c1-3-13-34(14-4-1)51-42-20-10-7-19-38(42)49-48-39(32-24-26-47-41(28-32)37-18-9-12-22-45(37)54-47)29-33(30-43(48)52(50(49)51)35-15-5-2-6-16-35)31-23-25-46-40(27-31)36-17-8-11-21-44(36)53-46/h1-10,12-20,22-30H,11,21H2. The quantitative estimate of drug-likeness (QED) is 0.171. The van der Waals surface area contributed by atoms with E-state index in [1.165, 1.54) is 95.8 Å². The van der Waals surface area contributed by atoms with E-state index in [1.54, 1.807) is 0 Å². The second-order valence-corrected chi connectivity index (χ2v) is 16.6. The van der Waals surface area contributed by atoms with Crippen LogP contribution in [0.4, 0.5) is 0 Å². The fourth-order valence-electron chi connectivity index (χ4n) is 8.96. The molecule has 11 aromatic rings. The number of benzene rings is 7. The average Bonchev–Trinajstić information content (AvgIpc) is 3.98. The van der Waals surface area contributed by atoms with Gasteiger partial charge in [0.05, 0.1) is 11.0 Å². The first-order valence-corrected chi connectivity index (χ1v) is 20.3. The zero-order chi connectivity index (χ0) is 35.3. The summed E-state index contributed by atoms with van der Waals surface area (Å²) in [5.74, 6) is 0. The van der Waals surface area contributed by atoms with Gasteiger partial charge in [0.25, 0.3) is 0 Å². The number of hydrogen-bond acceptors (Lipinski definition) is 2. The fraction of sp³-hybridized carbons (Fsp3) is 0.0400. The lowest BCUT2D eigenvalue weighted by Crippen LogP contribution is -2.01. The minimum absolute atomic E-state index is 1.13. The molecular formula is C50H32N2S2. The average molecular weight is 725 g/mol. The van der Waals surface area contributed by atoms with Crippen molar-refractivity contribution in [2.24, 2.45) is 0 Å². The number of thiophene rings is 2. The predicted octanol–water partition coefficient (Wildman–Crippen LogP) is 14.6. The molecule has 254 valence electrons. The molecule has 54 heavy (non-hydrogen) atoms. The number of aryl methyl sites for hydroxylation is 1. The molecule has 4 heteroatoms. The molecule has 0 fully saturated rings. The largest absolute Gasteiger partial charge is 0.295 e. The number of hydrogen-bond donors (Lipinski definition) is 0. The van der Waals surface area contributed by atoms with Gasteiger partial charge in [-0.2, -0.15) is 0 Å². The van der Waals surface area contributed by atoms with Crippen LogP contribution in [0.2, 0.25) is 0 Å². The van der Waals surface area contributed by atoms with E-state index in [-0.39, 0.29) is 0 Å². The minimum Gasteiger partial charge on any atom is -0.295 e. The number of para-hydroxylation sites is 3. The van der Waals surface area contributed by atoms with Crippen LogP contribution >= 0.6 is 22.7 Å². The maximum Gasteiger partial charge on any atom is 0.131 e. The van der Waals surface area contributed by atoms with Crippen molar-refractivity contribution < 1.29 is 0 Å². The van der Waals surface area contributed by atoms with Gasteiger partial charge in [0.15, 0.2) is 0 Å². The van der Waals surface area contributed by atoms with Gasteiger partial charge in [-0.15, -0.1) is 22.7 Å². The van der Waals surface area contributed by atoms with Crippen molar-refractivity contribution in [3.63, 3.8) is 0 Å². The maximum atomic E-state index is 2.51. The van der Waals surface area contributed by atoms with E-state index in [9.17, 15) is 0 Å². The Morgan fingerprint density at radius 2 is 1.09 bits per heavy atom. The van der Waals surface area contributed by atoms with Gasteiger partial charge in [-0.25, -0.2) is 0 Å². The Bertz CT molecular complexity index is 3320. The molecule has 0 saturated carbocycles. The summed E-state index contributed by atoms with van der Waals surface area (Å²) >= 11 is 3.83. The van der Waals surface area contributed by atoms with Crippen molar-refractivity contribution in [1.82, 2.24) is 9.13 Å². The highest BCUT2D eigenvalue weighted by Gasteiger charge is 2.26. The van der Waals surface area contributed by atoms with E-state index in [4.69, 9.17) is 0 Å². The smallest absolute Gasteiger partial charge is 0.131 e. The lowest BCUT2D eigenvalue weighted by Gasteiger charge is -2.15. The van der Waals surface area contributed by atoms with Gasteiger partial charge in [0, 0.05) is 62.7 Å². The molecular weight excluding hydrogens is 693 g/mol. The summed E-state index contributed by atoms with van der Waals surface area (Å²) in [7, 11) is 0. The Morgan fingerprint density at radius 3 is 1.91 bits per heavy atom. The molecule has 0 amide bonds. The van der Waals surface area contributed by atoms with Crippen LogP contribution in [-0.4, -0.2) is 9.13 Å². The van der Waals surface area contributed by atoms with Crippen LogP contribution < -0.4 is 0 Å². The summed E-state index contributed by atoms with van der Waals surface area (Å²) < 4.78 is 8.99. The van der Waals surface area contributed by atoms with E-state index in [0.29, 0.717) is 0 Å². The van der Waals surface area contributed by atoms with E-state index in [1.807, 2.05) is 22.7 Å². The van der Waals surface area contributed by atoms with Crippen molar-refractivity contribution in [3.05, 3.63) is 174 Å². The van der Waals surface area contributed by atoms with Crippen molar-refractivity contribution >= 4 is 91.8 Å². The normalized spacial score (nSPS) is 13.0. The number of allylic oxidation sites excluding steroid dienone is 1. The van der Waals surface area contributed by atoms with E-state index < -0.39 is 0 Å². The molecule has 0 bridgehead atoms. The van der Waals surface area contributed by atoms with E-state index in [0.717, 1.165) is 24.2 Å². The first kappa shape index (κ1) is 30.3. The topological polar surface area (TPSA) is 9.86 Å². The summed E-state index contributed by atoms with van der Waals surface area (Å²) in [6, 6.07) is 58.7. The third kappa shape index (κ3) is 4.38. The van der Waals surface area contributed by atoms with Crippen LogP contribution in [0.25, 0.3) is 103 Å². The van der Waals surface area contributed by atoms with Crippen LogP contribution in [-0.2, 0) is 6.42 Å². The zero-order valence-electron chi connectivity index (χ0n) is 29.3. The Morgan fingerprint density at radius 1 is 0.444 bits per heavy atom. The summed E-state index contributed by atoms with van der Waals surface area (Å²) in [4.78, 5) is 1.51. The molecule has 0 atom stereocenters. The second-order valence-electron chi connectivity index (χ2n) is 14.4. The fourth-order valence-corrected chi connectivity index (χ4v) is 11.2. The molecule has 2 nitrogen and oxygen atoms in total. The highest BCUT2D eigenvalue weighted by atomic mass is 32.1. The van der Waals surface area contributed by atoms with E-state index in [2.05, 4.69) is 179 Å². The molecule has 7 aromatic carbocycles. The second kappa shape index (κ2) is 11.6. The van der Waals surface area contributed by atoms with Gasteiger partial charge in [0.1, 0.15) is 5.65 Å². The van der Waals surface area contributed by atoms with Gasteiger partial charge in [-0.1, -0.05) is 97.1 Å². The van der Waals surface area contributed by atoms with E-state index >= 15 is 0 Å².